The molecule has 2 aromatic rings. The number of carbonyl (C=O) groups excluding carboxylic acids is 2. The zero-order valence-electron chi connectivity index (χ0n) is 22.8. The van der Waals surface area contributed by atoms with Gasteiger partial charge in [-0.15, -0.1) is 0 Å². The molecule has 3 rings (SSSR count). The summed E-state index contributed by atoms with van der Waals surface area (Å²) in [6.07, 6.45) is 3.22. The fourth-order valence-corrected chi connectivity index (χ4v) is 4.84. The molecule has 0 saturated carbocycles. The van der Waals surface area contributed by atoms with Crippen molar-refractivity contribution in [2.75, 3.05) is 37.5 Å². The van der Waals surface area contributed by atoms with Crippen molar-refractivity contribution in [2.45, 2.75) is 71.9 Å². The Balaban J connectivity index is 1.90. The molecular formula is C30H43N3O3. The number of nitrogens with one attached hydrogen (secondary N) is 1. The molecule has 1 heterocycles. The normalized spacial score (nSPS) is 16.4. The molecule has 1 fully saturated rings. The largest absolute Gasteiger partial charge is 0.377 e. The van der Waals surface area contributed by atoms with E-state index in [9.17, 15) is 9.59 Å². The van der Waals surface area contributed by atoms with Crippen LogP contribution >= 0.6 is 0 Å². The number of rotatable bonds is 10. The molecule has 1 N–H and O–H groups in total. The summed E-state index contributed by atoms with van der Waals surface area (Å²) in [6.45, 7) is 10.0. The van der Waals surface area contributed by atoms with Crippen molar-refractivity contribution in [3.8, 4) is 0 Å². The minimum Gasteiger partial charge on any atom is -0.377 e. The maximum atomic E-state index is 14.0. The first-order valence-electron chi connectivity index (χ1n) is 13.1. The molecule has 6 heteroatoms. The molecule has 0 spiro atoms. The van der Waals surface area contributed by atoms with Gasteiger partial charge in [-0.05, 0) is 54.0 Å². The molecule has 2 amide bonds. The van der Waals surface area contributed by atoms with Crippen LogP contribution in [-0.4, -0.2) is 50.1 Å². The average Bonchev–Trinajstić information content (AvgIpc) is 3.31. The number of hydrogen-bond donors (Lipinski definition) is 1. The summed E-state index contributed by atoms with van der Waals surface area (Å²) in [5.41, 5.74) is 3.74. The molecule has 2 aromatic carbocycles. The quantitative estimate of drug-likeness (QED) is 0.452. The third-order valence-electron chi connectivity index (χ3n) is 6.57. The van der Waals surface area contributed by atoms with Crippen LogP contribution in [0.3, 0.4) is 0 Å². The van der Waals surface area contributed by atoms with E-state index in [1.54, 1.807) is 0 Å². The molecule has 196 valence electrons. The lowest BCUT2D eigenvalue weighted by Gasteiger charge is -2.31. The minimum absolute atomic E-state index is 0.00605. The third kappa shape index (κ3) is 7.82. The van der Waals surface area contributed by atoms with E-state index >= 15 is 0 Å². The van der Waals surface area contributed by atoms with Crippen LogP contribution in [0.25, 0.3) is 0 Å². The van der Waals surface area contributed by atoms with Gasteiger partial charge in [-0.25, -0.2) is 0 Å². The highest BCUT2D eigenvalue weighted by Crippen LogP contribution is 2.29. The van der Waals surface area contributed by atoms with Crippen molar-refractivity contribution in [2.24, 2.45) is 5.41 Å². The fraction of sp³-hybridized carbons (Fsp3) is 0.533. The van der Waals surface area contributed by atoms with Crippen molar-refractivity contribution in [3.63, 3.8) is 0 Å². The van der Waals surface area contributed by atoms with E-state index in [-0.39, 0.29) is 29.3 Å². The first-order valence-corrected chi connectivity index (χ1v) is 13.1. The lowest BCUT2D eigenvalue weighted by atomic mass is 9.92. The molecule has 0 aromatic heterocycles. The van der Waals surface area contributed by atoms with E-state index in [4.69, 9.17) is 4.74 Å². The Kier molecular flexibility index (Phi) is 9.55. The SMILES string of the molecule is CCC(C(=O)N(Cc1cc(NC(=O)CC(C)(C)C)ccc1N(C)C)CC1CCCO1)c1ccccc1. The highest BCUT2D eigenvalue weighted by Gasteiger charge is 2.29. The second-order valence-corrected chi connectivity index (χ2v) is 11.2. The van der Waals surface area contributed by atoms with E-state index in [2.05, 4.69) is 37.9 Å². The zero-order valence-corrected chi connectivity index (χ0v) is 22.8. The Hall–Kier alpha value is -2.86. The monoisotopic (exact) mass is 493 g/mol. The first-order chi connectivity index (χ1) is 17.1. The van der Waals surface area contributed by atoms with Gasteiger partial charge in [0.2, 0.25) is 11.8 Å². The predicted molar refractivity (Wildman–Crippen MR) is 147 cm³/mol. The van der Waals surface area contributed by atoms with Crippen LogP contribution in [0.4, 0.5) is 11.4 Å². The van der Waals surface area contributed by atoms with Gasteiger partial charge >= 0.3 is 0 Å². The second-order valence-electron chi connectivity index (χ2n) is 11.2. The standard InChI is InChI=1S/C30H43N3O3/c1-7-26(22-12-9-8-10-13-22)29(35)33(21-25-14-11-17-36-25)20-23-18-24(15-16-27(23)32(5)6)31-28(34)19-30(2,3)4/h8-10,12-13,15-16,18,25-26H,7,11,14,17,19-21H2,1-6H3,(H,31,34). The van der Waals surface area contributed by atoms with E-state index in [0.717, 1.165) is 48.4 Å². The number of nitrogens with zero attached hydrogens (tertiary/aromatic N) is 2. The van der Waals surface area contributed by atoms with E-state index in [1.165, 1.54) is 0 Å². The molecule has 1 saturated heterocycles. The van der Waals surface area contributed by atoms with Crippen LogP contribution < -0.4 is 10.2 Å². The first kappa shape index (κ1) is 27.7. The Morgan fingerprint density at radius 1 is 1.11 bits per heavy atom. The Labute approximate surface area is 217 Å². The van der Waals surface area contributed by atoms with E-state index < -0.39 is 0 Å². The van der Waals surface area contributed by atoms with Gasteiger partial charge in [0.25, 0.3) is 0 Å². The van der Waals surface area contributed by atoms with Crippen molar-refractivity contribution < 1.29 is 14.3 Å². The Morgan fingerprint density at radius 2 is 1.83 bits per heavy atom. The van der Waals surface area contributed by atoms with Crippen LogP contribution in [0.5, 0.6) is 0 Å². The number of ether oxygens (including phenoxy) is 1. The number of anilines is 2. The molecule has 2 unspecified atom stereocenters. The lowest BCUT2D eigenvalue weighted by molar-refractivity contribution is -0.135. The average molecular weight is 494 g/mol. The van der Waals surface area contributed by atoms with Crippen molar-refractivity contribution in [1.29, 1.82) is 0 Å². The summed E-state index contributed by atoms with van der Waals surface area (Å²) in [5, 5.41) is 3.05. The summed E-state index contributed by atoms with van der Waals surface area (Å²) in [4.78, 5) is 30.6. The summed E-state index contributed by atoms with van der Waals surface area (Å²) in [6, 6.07) is 16.0. The summed E-state index contributed by atoms with van der Waals surface area (Å²) >= 11 is 0. The summed E-state index contributed by atoms with van der Waals surface area (Å²) in [7, 11) is 4.00. The van der Waals surface area contributed by atoms with Gasteiger partial charge in [-0.2, -0.15) is 0 Å². The molecule has 0 bridgehead atoms. The molecule has 2 atom stereocenters. The summed E-state index contributed by atoms with van der Waals surface area (Å²) in [5.74, 6) is -0.0929. The van der Waals surface area contributed by atoms with Gasteiger partial charge in [0, 0.05) is 51.6 Å². The molecular weight excluding hydrogens is 450 g/mol. The molecule has 36 heavy (non-hydrogen) atoms. The maximum Gasteiger partial charge on any atom is 0.230 e. The van der Waals surface area contributed by atoms with Crippen molar-refractivity contribution >= 4 is 23.2 Å². The number of benzene rings is 2. The number of carbonyl (C=O) groups is 2. The molecule has 1 aliphatic rings. The Morgan fingerprint density at radius 3 is 2.42 bits per heavy atom. The number of hydrogen-bond acceptors (Lipinski definition) is 4. The molecule has 0 aliphatic carbocycles. The highest BCUT2D eigenvalue weighted by molar-refractivity contribution is 5.91. The third-order valence-corrected chi connectivity index (χ3v) is 6.57. The van der Waals surface area contributed by atoms with Gasteiger partial charge in [0.1, 0.15) is 0 Å². The van der Waals surface area contributed by atoms with Gasteiger partial charge in [-0.3, -0.25) is 9.59 Å². The topological polar surface area (TPSA) is 61.9 Å². The summed E-state index contributed by atoms with van der Waals surface area (Å²) < 4.78 is 5.93. The van der Waals surface area contributed by atoms with Crippen molar-refractivity contribution in [1.82, 2.24) is 4.90 Å². The van der Waals surface area contributed by atoms with Gasteiger partial charge < -0.3 is 19.9 Å². The lowest BCUT2D eigenvalue weighted by Crippen LogP contribution is -2.40. The van der Waals surface area contributed by atoms with Crippen LogP contribution in [0, 0.1) is 5.41 Å². The van der Waals surface area contributed by atoms with Crippen molar-refractivity contribution in [3.05, 3.63) is 59.7 Å². The van der Waals surface area contributed by atoms with E-state index in [0.29, 0.717) is 19.5 Å². The zero-order chi connectivity index (χ0) is 26.3. The highest BCUT2D eigenvalue weighted by atomic mass is 16.5. The maximum absolute atomic E-state index is 14.0. The van der Waals surface area contributed by atoms with Crippen LogP contribution in [0.2, 0.25) is 0 Å². The molecule has 6 nitrogen and oxygen atoms in total. The van der Waals surface area contributed by atoms with Gasteiger partial charge in [-0.1, -0.05) is 58.0 Å². The fourth-order valence-electron chi connectivity index (χ4n) is 4.84. The van der Waals surface area contributed by atoms with Gasteiger partial charge in [0.05, 0.1) is 12.0 Å². The van der Waals surface area contributed by atoms with Crippen LogP contribution in [-0.2, 0) is 20.9 Å². The molecule has 0 radical (unpaired) electrons. The van der Waals surface area contributed by atoms with Gasteiger partial charge in [0.15, 0.2) is 0 Å². The Bertz CT molecular complexity index is 1010. The van der Waals surface area contributed by atoms with Crippen LogP contribution in [0.15, 0.2) is 48.5 Å². The minimum atomic E-state index is -0.204. The predicted octanol–water partition coefficient (Wildman–Crippen LogP) is 5.83. The smallest absolute Gasteiger partial charge is 0.230 e. The van der Waals surface area contributed by atoms with Crippen LogP contribution in [0.1, 0.15) is 70.4 Å². The molecule has 1 aliphatic heterocycles. The van der Waals surface area contributed by atoms with E-state index in [1.807, 2.05) is 67.5 Å². The second kappa shape index (κ2) is 12.4. The number of amides is 2.